The van der Waals surface area contributed by atoms with E-state index in [-0.39, 0.29) is 0 Å². The van der Waals surface area contributed by atoms with E-state index in [9.17, 15) is 4.57 Å². The Bertz CT molecular complexity index is 639. The smallest absolute Gasteiger partial charge is 0.264 e. The molecule has 20 heavy (non-hydrogen) atoms. The molecule has 0 aliphatic heterocycles. The van der Waals surface area contributed by atoms with Crippen molar-refractivity contribution in [3.8, 4) is 11.5 Å². The highest BCUT2D eigenvalue weighted by atomic mass is 31.2. The second kappa shape index (κ2) is 6.12. The van der Waals surface area contributed by atoms with E-state index in [4.69, 9.17) is 14.0 Å². The quantitative estimate of drug-likeness (QED) is 0.795. The van der Waals surface area contributed by atoms with Gasteiger partial charge < -0.3 is 14.0 Å². The molecule has 1 atom stereocenters. The number of hydrogen-bond donors (Lipinski definition) is 0. The van der Waals surface area contributed by atoms with Gasteiger partial charge >= 0.3 is 0 Å². The first-order chi connectivity index (χ1) is 9.65. The van der Waals surface area contributed by atoms with Crippen LogP contribution in [0.1, 0.15) is 0 Å². The molecule has 0 aromatic heterocycles. The van der Waals surface area contributed by atoms with E-state index in [0.717, 1.165) is 0 Å². The minimum absolute atomic E-state index is 0.540. The molecule has 0 saturated carbocycles. The van der Waals surface area contributed by atoms with Crippen LogP contribution in [-0.2, 0) is 9.09 Å². The first-order valence-corrected chi connectivity index (χ1v) is 7.72. The van der Waals surface area contributed by atoms with E-state index in [1.807, 2.05) is 12.1 Å². The van der Waals surface area contributed by atoms with Crippen molar-refractivity contribution in [1.29, 1.82) is 0 Å². The van der Waals surface area contributed by atoms with Gasteiger partial charge in [-0.05, 0) is 30.3 Å². The summed E-state index contributed by atoms with van der Waals surface area (Å²) in [5.74, 6) is 1.18. The summed E-state index contributed by atoms with van der Waals surface area (Å²) in [4.78, 5) is 0. The fraction of sp³-hybridized carbons (Fsp3) is 0.200. The molecule has 2 aromatic carbocycles. The van der Waals surface area contributed by atoms with Crippen LogP contribution >= 0.6 is 7.37 Å². The van der Waals surface area contributed by atoms with Gasteiger partial charge in [0.2, 0.25) is 0 Å². The summed E-state index contributed by atoms with van der Waals surface area (Å²) in [5.41, 5.74) is 0. The topological polar surface area (TPSA) is 44.8 Å². The van der Waals surface area contributed by atoms with Gasteiger partial charge in [0.25, 0.3) is 7.37 Å². The third-order valence-corrected chi connectivity index (χ3v) is 5.53. The van der Waals surface area contributed by atoms with Gasteiger partial charge in [-0.25, -0.2) is 0 Å². The summed E-state index contributed by atoms with van der Waals surface area (Å²) in [6, 6.07) is 14.2. The Kier molecular flexibility index (Phi) is 4.48. The molecule has 106 valence electrons. The Hall–Kier alpha value is -1.77. The van der Waals surface area contributed by atoms with E-state index in [2.05, 4.69) is 0 Å². The predicted octanol–water partition coefficient (Wildman–Crippen LogP) is 2.58. The third-order valence-electron chi connectivity index (χ3n) is 3.05. The van der Waals surface area contributed by atoms with Crippen molar-refractivity contribution in [2.75, 3.05) is 21.3 Å². The maximum absolute atomic E-state index is 13.3. The minimum atomic E-state index is -3.20. The van der Waals surface area contributed by atoms with Crippen LogP contribution in [0.2, 0.25) is 0 Å². The monoisotopic (exact) mass is 292 g/mol. The Morgan fingerprint density at radius 1 is 0.900 bits per heavy atom. The van der Waals surface area contributed by atoms with Gasteiger partial charge in [-0.2, -0.15) is 0 Å². The van der Waals surface area contributed by atoms with Crippen molar-refractivity contribution in [3.05, 3.63) is 48.5 Å². The van der Waals surface area contributed by atoms with Crippen molar-refractivity contribution in [2.45, 2.75) is 0 Å². The number of methoxy groups -OCH3 is 2. The van der Waals surface area contributed by atoms with Crippen molar-refractivity contribution in [3.63, 3.8) is 0 Å². The van der Waals surface area contributed by atoms with Crippen LogP contribution in [-0.4, -0.2) is 21.3 Å². The molecule has 0 aliphatic carbocycles. The van der Waals surface area contributed by atoms with Gasteiger partial charge in [-0.1, -0.05) is 18.2 Å². The van der Waals surface area contributed by atoms with E-state index >= 15 is 0 Å². The summed E-state index contributed by atoms with van der Waals surface area (Å²) in [6.45, 7) is 0. The average Bonchev–Trinajstić information content (AvgIpc) is 2.54. The maximum Gasteiger partial charge on any atom is 0.264 e. The molecule has 0 bridgehead atoms. The summed E-state index contributed by atoms with van der Waals surface area (Å²) >= 11 is 0. The number of rotatable bonds is 5. The maximum atomic E-state index is 13.3. The molecule has 0 unspecified atom stereocenters. The number of para-hydroxylation sites is 1. The Morgan fingerprint density at radius 3 is 2.30 bits per heavy atom. The summed E-state index contributed by atoms with van der Waals surface area (Å²) in [6.07, 6.45) is 0. The normalized spacial score (nSPS) is 13.6. The van der Waals surface area contributed by atoms with E-state index in [1.165, 1.54) is 7.11 Å². The molecule has 0 aliphatic rings. The molecule has 5 heteroatoms. The molecule has 0 saturated heterocycles. The van der Waals surface area contributed by atoms with Crippen LogP contribution < -0.4 is 20.1 Å². The number of ether oxygens (including phenoxy) is 2. The third kappa shape index (κ3) is 2.58. The average molecular weight is 292 g/mol. The van der Waals surface area contributed by atoms with Crippen LogP contribution in [0.4, 0.5) is 0 Å². The van der Waals surface area contributed by atoms with Crippen molar-refractivity contribution in [2.24, 2.45) is 0 Å². The van der Waals surface area contributed by atoms with Gasteiger partial charge in [0, 0.05) is 12.4 Å². The second-order valence-electron chi connectivity index (χ2n) is 4.11. The van der Waals surface area contributed by atoms with Crippen LogP contribution in [0.3, 0.4) is 0 Å². The zero-order valence-corrected chi connectivity index (χ0v) is 12.6. The Balaban J connectivity index is 2.61. The molecule has 2 aromatic rings. The van der Waals surface area contributed by atoms with Gasteiger partial charge in [0.05, 0.1) is 19.5 Å². The predicted molar refractivity (Wildman–Crippen MR) is 79.9 cm³/mol. The summed E-state index contributed by atoms with van der Waals surface area (Å²) < 4.78 is 29.1. The van der Waals surface area contributed by atoms with Crippen LogP contribution in [0.5, 0.6) is 11.5 Å². The van der Waals surface area contributed by atoms with Crippen molar-refractivity contribution < 1.29 is 18.6 Å². The van der Waals surface area contributed by atoms with Crippen LogP contribution in [0, 0.1) is 0 Å². The largest absolute Gasteiger partial charge is 0.497 e. The highest BCUT2D eigenvalue weighted by Crippen LogP contribution is 2.46. The second-order valence-corrected chi connectivity index (χ2v) is 6.57. The van der Waals surface area contributed by atoms with Crippen LogP contribution in [0.25, 0.3) is 0 Å². The fourth-order valence-electron chi connectivity index (χ4n) is 2.01. The first kappa shape index (κ1) is 14.6. The lowest BCUT2D eigenvalue weighted by molar-refractivity contribution is 0.401. The van der Waals surface area contributed by atoms with E-state index in [1.54, 1.807) is 50.6 Å². The number of hydrogen-bond acceptors (Lipinski definition) is 4. The molecule has 0 amide bonds. The highest BCUT2D eigenvalue weighted by Gasteiger charge is 2.30. The standard InChI is InChI=1S/C15H17O4P/c1-17-12-7-6-8-13(11-12)20(16,19-3)15-10-5-4-9-14(15)18-2/h4-11H,1-3H3/t20-/m0/s1. The van der Waals surface area contributed by atoms with Gasteiger partial charge in [0.1, 0.15) is 11.5 Å². The minimum Gasteiger partial charge on any atom is -0.497 e. The zero-order valence-electron chi connectivity index (χ0n) is 11.7. The van der Waals surface area contributed by atoms with Gasteiger partial charge in [0.15, 0.2) is 0 Å². The fourth-order valence-corrected chi connectivity index (χ4v) is 4.01. The summed E-state index contributed by atoms with van der Waals surface area (Å²) in [5, 5.41) is 1.11. The first-order valence-electron chi connectivity index (χ1n) is 6.09. The zero-order chi connectivity index (χ0) is 14.6. The lowest BCUT2D eigenvalue weighted by Crippen LogP contribution is -2.19. The Morgan fingerprint density at radius 2 is 1.65 bits per heavy atom. The molecule has 0 heterocycles. The lowest BCUT2D eigenvalue weighted by Gasteiger charge is -2.19. The molecule has 0 radical (unpaired) electrons. The molecule has 0 fully saturated rings. The molecule has 0 N–H and O–H groups in total. The molecule has 2 rings (SSSR count). The van der Waals surface area contributed by atoms with Crippen LogP contribution in [0.15, 0.2) is 48.5 Å². The van der Waals surface area contributed by atoms with Crippen molar-refractivity contribution >= 4 is 18.0 Å². The van der Waals surface area contributed by atoms with Crippen molar-refractivity contribution in [1.82, 2.24) is 0 Å². The summed E-state index contributed by atoms with van der Waals surface area (Å²) in [7, 11) is 1.35. The van der Waals surface area contributed by atoms with E-state index < -0.39 is 7.37 Å². The lowest BCUT2D eigenvalue weighted by atomic mass is 10.3. The molecule has 4 nitrogen and oxygen atoms in total. The molecular formula is C15H17O4P. The molecular weight excluding hydrogens is 275 g/mol. The highest BCUT2D eigenvalue weighted by molar-refractivity contribution is 7.74. The van der Waals surface area contributed by atoms with Gasteiger partial charge in [-0.15, -0.1) is 0 Å². The van der Waals surface area contributed by atoms with Gasteiger partial charge in [-0.3, -0.25) is 4.57 Å². The Labute approximate surface area is 118 Å². The number of benzene rings is 2. The SMILES string of the molecule is COc1cccc([P@](=O)(OC)c2ccccc2OC)c1. The molecule has 0 spiro atoms. The van der Waals surface area contributed by atoms with E-state index in [0.29, 0.717) is 22.1 Å².